The molecule has 0 radical (unpaired) electrons. The molecule has 0 saturated heterocycles. The molecule has 144 valence electrons. The van der Waals surface area contributed by atoms with Crippen LogP contribution in [0.15, 0.2) is 0 Å². The summed E-state index contributed by atoms with van der Waals surface area (Å²) in [6.07, 6.45) is 13.9. The summed E-state index contributed by atoms with van der Waals surface area (Å²) in [6.45, 7) is 2.77. The third kappa shape index (κ3) is 7.45. The number of carbonyl (C=O) groups excluding carboxylic acids is 1. The normalized spacial score (nSPS) is 19.6. The molecule has 0 aromatic carbocycles. The second-order valence-electron chi connectivity index (χ2n) is 7.09. The zero-order valence-electron chi connectivity index (χ0n) is 15.6. The lowest BCUT2D eigenvalue weighted by molar-refractivity contribution is -0.521. The highest BCUT2D eigenvalue weighted by Crippen LogP contribution is 2.26. The molecule has 6 heteroatoms. The van der Waals surface area contributed by atoms with Crippen LogP contribution in [0.3, 0.4) is 0 Å². The zero-order valence-corrected chi connectivity index (χ0v) is 15.6. The molecule has 0 spiro atoms. The van der Waals surface area contributed by atoms with E-state index in [9.17, 15) is 19.9 Å². The highest BCUT2D eigenvalue weighted by Gasteiger charge is 2.51. The summed E-state index contributed by atoms with van der Waals surface area (Å²) in [6, 6.07) is 0. The third-order valence-electron chi connectivity index (χ3n) is 4.98. The van der Waals surface area contributed by atoms with Gasteiger partial charge in [0.2, 0.25) is 5.91 Å². The summed E-state index contributed by atoms with van der Waals surface area (Å²) in [4.78, 5) is 23.3. The Morgan fingerprint density at radius 2 is 1.64 bits per heavy atom. The van der Waals surface area contributed by atoms with Gasteiger partial charge in [-0.1, -0.05) is 64.7 Å². The molecule has 0 aromatic rings. The summed E-state index contributed by atoms with van der Waals surface area (Å²) in [5.74, 6) is -1.57. The number of nitrogens with zero attached hydrogens (tertiary/aromatic N) is 1. The van der Waals surface area contributed by atoms with Gasteiger partial charge in [0.15, 0.2) is 6.21 Å². The van der Waals surface area contributed by atoms with Crippen molar-refractivity contribution in [2.75, 3.05) is 6.54 Å². The fourth-order valence-electron chi connectivity index (χ4n) is 3.32. The van der Waals surface area contributed by atoms with E-state index in [-0.39, 0.29) is 18.7 Å². The van der Waals surface area contributed by atoms with Crippen molar-refractivity contribution in [2.45, 2.75) is 95.9 Å². The highest BCUT2D eigenvalue weighted by molar-refractivity contribution is 5.88. The van der Waals surface area contributed by atoms with Gasteiger partial charge in [0, 0.05) is 19.4 Å². The van der Waals surface area contributed by atoms with Crippen molar-refractivity contribution in [1.29, 1.82) is 0 Å². The first kappa shape index (κ1) is 21.5. The molecular formula is C19H34N2O4. The Morgan fingerprint density at radius 3 is 2.12 bits per heavy atom. The van der Waals surface area contributed by atoms with E-state index in [2.05, 4.69) is 12.2 Å². The maximum atomic E-state index is 12.0. The average Bonchev–Trinajstić information content (AvgIpc) is 2.94. The average molecular weight is 354 g/mol. The van der Waals surface area contributed by atoms with Crippen molar-refractivity contribution in [3.05, 3.63) is 5.21 Å². The molecule has 1 amide bonds. The molecule has 0 fully saturated rings. The minimum Gasteiger partial charge on any atom is -0.623 e. The van der Waals surface area contributed by atoms with E-state index in [0.29, 0.717) is 17.7 Å². The predicted molar refractivity (Wildman–Crippen MR) is 98.8 cm³/mol. The minimum absolute atomic E-state index is 0.192. The lowest BCUT2D eigenvalue weighted by atomic mass is 9.92. The SMILES string of the molecule is CCCCCCCCCCCCNC(=O)CC1(C(=O)O)CCC=[N+]1[O-]. The highest BCUT2D eigenvalue weighted by atomic mass is 16.5. The zero-order chi connectivity index (χ0) is 18.5. The third-order valence-corrected chi connectivity index (χ3v) is 4.98. The number of carboxylic acids is 1. The van der Waals surface area contributed by atoms with Gasteiger partial charge >= 0.3 is 5.97 Å². The molecular weight excluding hydrogens is 320 g/mol. The first-order valence-corrected chi connectivity index (χ1v) is 9.83. The van der Waals surface area contributed by atoms with Crippen LogP contribution >= 0.6 is 0 Å². The van der Waals surface area contributed by atoms with E-state index in [0.717, 1.165) is 12.8 Å². The van der Waals surface area contributed by atoms with Crippen LogP contribution in [0, 0.1) is 5.21 Å². The van der Waals surface area contributed by atoms with Crippen LogP contribution in [0.2, 0.25) is 0 Å². The largest absolute Gasteiger partial charge is 0.623 e. The Hall–Kier alpha value is -1.59. The van der Waals surface area contributed by atoms with E-state index in [1.54, 1.807) is 0 Å². The van der Waals surface area contributed by atoms with Gasteiger partial charge in [0.05, 0.1) is 0 Å². The monoisotopic (exact) mass is 354 g/mol. The van der Waals surface area contributed by atoms with Crippen molar-refractivity contribution in [3.8, 4) is 0 Å². The molecule has 1 unspecified atom stereocenters. The first-order chi connectivity index (χ1) is 12.0. The van der Waals surface area contributed by atoms with Crippen LogP contribution in [-0.2, 0) is 9.59 Å². The van der Waals surface area contributed by atoms with Crippen LogP contribution < -0.4 is 5.32 Å². The van der Waals surface area contributed by atoms with Crippen molar-refractivity contribution < 1.29 is 19.4 Å². The van der Waals surface area contributed by atoms with Crippen molar-refractivity contribution in [2.24, 2.45) is 0 Å². The molecule has 1 aliphatic rings. The summed E-state index contributed by atoms with van der Waals surface area (Å²) in [5, 5.41) is 23.8. The molecule has 1 aliphatic heterocycles. The van der Waals surface area contributed by atoms with E-state index >= 15 is 0 Å². The fraction of sp³-hybridized carbons (Fsp3) is 0.842. The van der Waals surface area contributed by atoms with Crippen molar-refractivity contribution >= 4 is 18.1 Å². The lowest BCUT2D eigenvalue weighted by Crippen LogP contribution is -2.48. The number of nitrogens with one attached hydrogen (secondary N) is 1. The number of rotatable bonds is 14. The molecule has 1 atom stereocenters. The molecule has 0 bridgehead atoms. The number of hydroxylamine groups is 1. The summed E-state index contributed by atoms with van der Waals surface area (Å²) < 4.78 is 0.440. The van der Waals surface area contributed by atoms with Gasteiger partial charge in [-0.2, -0.15) is 4.74 Å². The number of carbonyl (C=O) groups is 2. The number of hydrogen-bond acceptors (Lipinski definition) is 3. The maximum Gasteiger partial charge on any atom is 0.378 e. The van der Waals surface area contributed by atoms with E-state index in [1.165, 1.54) is 57.6 Å². The molecule has 0 aromatic heterocycles. The maximum absolute atomic E-state index is 12.0. The summed E-state index contributed by atoms with van der Waals surface area (Å²) in [5.41, 5.74) is -1.61. The number of carboxylic acid groups (broad SMARTS) is 1. The second-order valence-corrected chi connectivity index (χ2v) is 7.09. The van der Waals surface area contributed by atoms with Crippen molar-refractivity contribution in [3.63, 3.8) is 0 Å². The molecule has 0 saturated carbocycles. The van der Waals surface area contributed by atoms with E-state index in [4.69, 9.17) is 0 Å². The molecule has 25 heavy (non-hydrogen) atoms. The Morgan fingerprint density at radius 1 is 1.08 bits per heavy atom. The van der Waals surface area contributed by atoms with Gasteiger partial charge in [-0.05, 0) is 6.42 Å². The number of aliphatic carboxylic acids is 1. The van der Waals surface area contributed by atoms with Crippen LogP contribution in [0.1, 0.15) is 90.4 Å². The van der Waals surface area contributed by atoms with E-state index in [1.807, 2.05) is 0 Å². The Balaban J connectivity index is 2.06. The quantitative estimate of drug-likeness (QED) is 0.283. The Labute approximate surface area is 151 Å². The van der Waals surface area contributed by atoms with Gasteiger partial charge < -0.3 is 15.6 Å². The number of amides is 1. The topological polar surface area (TPSA) is 92.5 Å². The standard InChI is InChI=1S/C19H34N2O4/c1-2-3-4-5-6-7-8-9-10-11-14-20-17(22)16-19(18(23)24)13-12-15-21(19)25/h15H,2-14,16H2,1H3,(H,20,22)(H,23,24). The predicted octanol–water partition coefficient (Wildman–Crippen LogP) is 3.61. The summed E-state index contributed by atoms with van der Waals surface area (Å²) >= 11 is 0. The Bertz CT molecular complexity index is 451. The summed E-state index contributed by atoms with van der Waals surface area (Å²) in [7, 11) is 0. The van der Waals surface area contributed by atoms with Gasteiger partial charge in [-0.3, -0.25) is 4.79 Å². The van der Waals surface area contributed by atoms with Gasteiger partial charge in [-0.15, -0.1) is 0 Å². The molecule has 1 rings (SSSR count). The van der Waals surface area contributed by atoms with Crippen molar-refractivity contribution in [1.82, 2.24) is 5.32 Å². The lowest BCUT2D eigenvalue weighted by Gasteiger charge is -2.22. The number of hydrogen-bond donors (Lipinski definition) is 2. The first-order valence-electron chi connectivity index (χ1n) is 9.83. The number of unbranched alkanes of at least 4 members (excludes halogenated alkanes) is 9. The smallest absolute Gasteiger partial charge is 0.378 e. The van der Waals surface area contributed by atoms with Gasteiger partial charge in [0.25, 0.3) is 5.54 Å². The molecule has 2 N–H and O–H groups in total. The Kier molecular flexibility index (Phi) is 10.2. The second kappa shape index (κ2) is 11.9. The van der Waals surface area contributed by atoms with Crippen LogP contribution in [0.4, 0.5) is 0 Å². The minimum atomic E-state index is -1.61. The van der Waals surface area contributed by atoms with Crippen LogP contribution in [0.25, 0.3) is 0 Å². The molecule has 0 aliphatic carbocycles. The van der Waals surface area contributed by atoms with Crippen LogP contribution in [-0.4, -0.2) is 40.0 Å². The van der Waals surface area contributed by atoms with Crippen LogP contribution in [0.5, 0.6) is 0 Å². The molecule has 1 heterocycles. The fourth-order valence-corrected chi connectivity index (χ4v) is 3.32. The van der Waals surface area contributed by atoms with Gasteiger partial charge in [0.1, 0.15) is 6.42 Å². The van der Waals surface area contributed by atoms with E-state index < -0.39 is 11.5 Å². The molecule has 6 nitrogen and oxygen atoms in total. The van der Waals surface area contributed by atoms with Gasteiger partial charge in [-0.25, -0.2) is 4.79 Å².